The lowest BCUT2D eigenvalue weighted by Gasteiger charge is -2.05. The Hall–Kier alpha value is -2.12. The molecule has 0 aliphatic carbocycles. The Labute approximate surface area is 122 Å². The van der Waals surface area contributed by atoms with E-state index in [1.165, 1.54) is 36.9 Å². The highest BCUT2D eigenvalue weighted by molar-refractivity contribution is 7.25. The third-order valence-electron chi connectivity index (χ3n) is 3.83. The van der Waals surface area contributed by atoms with Crippen molar-refractivity contribution in [2.75, 3.05) is 0 Å². The lowest BCUT2D eigenvalue weighted by molar-refractivity contribution is 1.46. The number of hydrogen-bond donors (Lipinski definition) is 0. The minimum absolute atomic E-state index is 1.31. The Morgan fingerprint density at radius 2 is 1.45 bits per heavy atom. The fourth-order valence-electron chi connectivity index (χ4n) is 2.79. The van der Waals surface area contributed by atoms with Crippen molar-refractivity contribution in [3.8, 4) is 11.1 Å². The monoisotopic (exact) mass is 274 g/mol. The van der Waals surface area contributed by atoms with Gasteiger partial charge in [0.05, 0.1) is 0 Å². The van der Waals surface area contributed by atoms with Gasteiger partial charge in [-0.25, -0.2) is 0 Å². The minimum Gasteiger partial charge on any atom is -0.135 e. The molecular weight excluding hydrogens is 260 g/mol. The van der Waals surface area contributed by atoms with E-state index in [2.05, 4.69) is 73.7 Å². The van der Waals surface area contributed by atoms with Crippen LogP contribution in [0, 0.1) is 6.92 Å². The number of benzene rings is 3. The van der Waals surface area contributed by atoms with Gasteiger partial charge in [-0.3, -0.25) is 0 Å². The summed E-state index contributed by atoms with van der Waals surface area (Å²) in [6.07, 6.45) is 0. The molecule has 4 rings (SSSR count). The molecule has 1 aromatic heterocycles. The average molecular weight is 274 g/mol. The van der Waals surface area contributed by atoms with Crippen LogP contribution < -0.4 is 0 Å². The van der Waals surface area contributed by atoms with Crippen LogP contribution in [0.25, 0.3) is 31.3 Å². The van der Waals surface area contributed by atoms with Crippen molar-refractivity contribution in [2.24, 2.45) is 0 Å². The summed E-state index contributed by atoms with van der Waals surface area (Å²) in [5.74, 6) is 0. The molecule has 0 aliphatic rings. The Morgan fingerprint density at radius 1 is 0.700 bits per heavy atom. The van der Waals surface area contributed by atoms with E-state index in [1.54, 1.807) is 0 Å². The van der Waals surface area contributed by atoms with Crippen LogP contribution in [0.2, 0.25) is 0 Å². The molecule has 3 aromatic carbocycles. The van der Waals surface area contributed by atoms with Crippen molar-refractivity contribution < 1.29 is 0 Å². The zero-order valence-electron chi connectivity index (χ0n) is 11.3. The first-order chi connectivity index (χ1) is 9.83. The molecule has 96 valence electrons. The van der Waals surface area contributed by atoms with Gasteiger partial charge < -0.3 is 0 Å². The SMILES string of the molecule is Cc1ccccc1-c1ccc2c(c1)sc1ccccc12. The predicted octanol–water partition coefficient (Wildman–Crippen LogP) is 6.03. The molecular formula is C19H14S. The van der Waals surface area contributed by atoms with E-state index in [0.717, 1.165) is 0 Å². The highest BCUT2D eigenvalue weighted by atomic mass is 32.1. The van der Waals surface area contributed by atoms with Gasteiger partial charge in [0.2, 0.25) is 0 Å². The number of aryl methyl sites for hydroxylation is 1. The summed E-state index contributed by atoms with van der Waals surface area (Å²) in [5.41, 5.74) is 3.96. The highest BCUT2D eigenvalue weighted by Crippen LogP contribution is 2.36. The summed E-state index contributed by atoms with van der Waals surface area (Å²) in [7, 11) is 0. The van der Waals surface area contributed by atoms with E-state index in [-0.39, 0.29) is 0 Å². The van der Waals surface area contributed by atoms with Gasteiger partial charge in [0.25, 0.3) is 0 Å². The van der Waals surface area contributed by atoms with Crippen LogP contribution in [-0.4, -0.2) is 0 Å². The second-order valence-electron chi connectivity index (χ2n) is 5.12. The lowest BCUT2D eigenvalue weighted by atomic mass is 10.00. The molecule has 1 heterocycles. The maximum Gasteiger partial charge on any atom is 0.0361 e. The summed E-state index contributed by atoms with van der Waals surface area (Å²) in [6, 6.07) is 24.0. The standard InChI is InChI=1S/C19H14S/c1-13-6-2-3-7-15(13)14-10-11-17-16-8-4-5-9-18(16)20-19(17)12-14/h2-12H,1H3. The second kappa shape index (κ2) is 4.46. The molecule has 0 saturated heterocycles. The van der Waals surface area contributed by atoms with E-state index in [9.17, 15) is 0 Å². The molecule has 1 heteroatoms. The predicted molar refractivity (Wildman–Crippen MR) is 89.5 cm³/mol. The van der Waals surface area contributed by atoms with Gasteiger partial charge in [0, 0.05) is 20.2 Å². The first-order valence-corrected chi connectivity index (χ1v) is 7.62. The molecule has 4 aromatic rings. The fourth-order valence-corrected chi connectivity index (χ4v) is 3.94. The molecule has 0 saturated carbocycles. The van der Waals surface area contributed by atoms with Crippen molar-refractivity contribution in [3.05, 3.63) is 72.3 Å². The number of thiophene rings is 1. The van der Waals surface area contributed by atoms with Gasteiger partial charge in [0.15, 0.2) is 0 Å². The van der Waals surface area contributed by atoms with Crippen molar-refractivity contribution in [1.82, 2.24) is 0 Å². The van der Waals surface area contributed by atoms with Crippen molar-refractivity contribution in [2.45, 2.75) is 6.92 Å². The second-order valence-corrected chi connectivity index (χ2v) is 6.21. The molecule has 0 atom stereocenters. The summed E-state index contributed by atoms with van der Waals surface area (Å²) in [6.45, 7) is 2.17. The van der Waals surface area contributed by atoms with Crippen LogP contribution in [0.15, 0.2) is 66.7 Å². The highest BCUT2D eigenvalue weighted by Gasteiger charge is 2.07. The topological polar surface area (TPSA) is 0 Å². The van der Waals surface area contributed by atoms with Gasteiger partial charge >= 0.3 is 0 Å². The Bertz CT molecular complexity index is 915. The molecule has 0 nitrogen and oxygen atoms in total. The smallest absolute Gasteiger partial charge is 0.0361 e. The third-order valence-corrected chi connectivity index (χ3v) is 4.97. The molecule has 0 unspecified atom stereocenters. The van der Waals surface area contributed by atoms with Crippen LogP contribution in [0.3, 0.4) is 0 Å². The average Bonchev–Trinajstić information content (AvgIpc) is 2.85. The normalized spacial score (nSPS) is 11.2. The van der Waals surface area contributed by atoms with Crippen LogP contribution in [0.4, 0.5) is 0 Å². The van der Waals surface area contributed by atoms with E-state index in [1.807, 2.05) is 11.3 Å². The molecule has 0 fully saturated rings. The quantitative estimate of drug-likeness (QED) is 0.397. The molecule has 0 spiro atoms. The summed E-state index contributed by atoms with van der Waals surface area (Å²) < 4.78 is 2.73. The first-order valence-electron chi connectivity index (χ1n) is 6.80. The summed E-state index contributed by atoms with van der Waals surface area (Å²) in [4.78, 5) is 0. The Kier molecular flexibility index (Phi) is 2.61. The molecule has 0 aliphatic heterocycles. The molecule has 20 heavy (non-hydrogen) atoms. The van der Waals surface area contributed by atoms with E-state index < -0.39 is 0 Å². The maximum atomic E-state index is 2.32. The van der Waals surface area contributed by atoms with Crippen LogP contribution in [-0.2, 0) is 0 Å². The largest absolute Gasteiger partial charge is 0.135 e. The number of hydrogen-bond acceptors (Lipinski definition) is 1. The fraction of sp³-hybridized carbons (Fsp3) is 0.0526. The maximum absolute atomic E-state index is 2.32. The number of rotatable bonds is 1. The van der Waals surface area contributed by atoms with E-state index in [4.69, 9.17) is 0 Å². The Morgan fingerprint density at radius 3 is 2.35 bits per heavy atom. The molecule has 0 radical (unpaired) electrons. The lowest BCUT2D eigenvalue weighted by Crippen LogP contribution is -1.81. The minimum atomic E-state index is 1.31. The van der Waals surface area contributed by atoms with Crippen molar-refractivity contribution in [1.29, 1.82) is 0 Å². The Balaban J connectivity index is 2.00. The summed E-state index contributed by atoms with van der Waals surface area (Å²) >= 11 is 1.88. The zero-order chi connectivity index (χ0) is 13.5. The molecule has 0 bridgehead atoms. The third kappa shape index (κ3) is 1.75. The zero-order valence-corrected chi connectivity index (χ0v) is 12.1. The molecule has 0 N–H and O–H groups in total. The molecule has 0 amide bonds. The van der Waals surface area contributed by atoms with E-state index in [0.29, 0.717) is 0 Å². The van der Waals surface area contributed by atoms with Crippen LogP contribution >= 0.6 is 11.3 Å². The van der Waals surface area contributed by atoms with Gasteiger partial charge in [0.1, 0.15) is 0 Å². The van der Waals surface area contributed by atoms with Crippen LogP contribution in [0.5, 0.6) is 0 Å². The van der Waals surface area contributed by atoms with Gasteiger partial charge in [-0.2, -0.15) is 0 Å². The van der Waals surface area contributed by atoms with Crippen LogP contribution in [0.1, 0.15) is 5.56 Å². The van der Waals surface area contributed by atoms with Gasteiger partial charge in [-0.15, -0.1) is 11.3 Å². The number of fused-ring (bicyclic) bond motifs is 3. The van der Waals surface area contributed by atoms with Crippen molar-refractivity contribution >= 4 is 31.5 Å². The van der Waals surface area contributed by atoms with E-state index >= 15 is 0 Å². The van der Waals surface area contributed by atoms with Gasteiger partial charge in [-0.1, -0.05) is 54.6 Å². The summed E-state index contributed by atoms with van der Waals surface area (Å²) in [5, 5.41) is 2.73. The first kappa shape index (κ1) is 11.7. The van der Waals surface area contributed by atoms with Crippen molar-refractivity contribution in [3.63, 3.8) is 0 Å². The van der Waals surface area contributed by atoms with Gasteiger partial charge in [-0.05, 0) is 35.7 Å².